The van der Waals surface area contributed by atoms with E-state index in [1.807, 2.05) is 23.6 Å². The first-order valence-electron chi connectivity index (χ1n) is 8.27. The van der Waals surface area contributed by atoms with Gasteiger partial charge in [0.25, 0.3) is 0 Å². The molecular weight excluding hydrogens is 405 g/mol. The molecule has 0 saturated heterocycles. The molecule has 0 fully saturated rings. The molecule has 0 amide bonds. The van der Waals surface area contributed by atoms with Gasteiger partial charge in [0.05, 0.1) is 5.69 Å². The van der Waals surface area contributed by atoms with Crippen LogP contribution in [0.3, 0.4) is 0 Å². The normalized spacial score (nSPS) is 11.6. The highest BCUT2D eigenvalue weighted by molar-refractivity contribution is 7.13. The summed E-state index contributed by atoms with van der Waals surface area (Å²) in [5, 5.41) is 2.44. The summed E-state index contributed by atoms with van der Waals surface area (Å²) in [6.45, 7) is 0. The lowest BCUT2D eigenvalue weighted by molar-refractivity contribution is -0.141. The van der Waals surface area contributed by atoms with Gasteiger partial charge in [0, 0.05) is 21.0 Å². The quantitative estimate of drug-likeness (QED) is 0.352. The number of hydrogen-bond acceptors (Lipinski definition) is 3. The third-order valence-electron chi connectivity index (χ3n) is 4.08. The fourth-order valence-corrected chi connectivity index (χ4v) is 3.59. The van der Waals surface area contributed by atoms with E-state index in [9.17, 15) is 13.2 Å². The van der Waals surface area contributed by atoms with Crippen LogP contribution in [-0.2, 0) is 6.18 Å². The Morgan fingerprint density at radius 3 is 2.21 bits per heavy atom. The second-order valence-electron chi connectivity index (χ2n) is 6.02. The Morgan fingerprint density at radius 1 is 0.786 bits per heavy atom. The van der Waals surface area contributed by atoms with Gasteiger partial charge in [-0.3, -0.25) is 0 Å². The Labute approximate surface area is 168 Å². The Morgan fingerprint density at radius 2 is 1.54 bits per heavy atom. The van der Waals surface area contributed by atoms with Crippen LogP contribution in [0, 0.1) is 0 Å². The minimum Gasteiger partial charge on any atom is -0.228 e. The Bertz CT molecular complexity index is 1110. The molecule has 0 aliphatic rings. The summed E-state index contributed by atoms with van der Waals surface area (Å²) in [6, 6.07) is 18.5. The first kappa shape index (κ1) is 18.7. The molecule has 4 rings (SSSR count). The fourth-order valence-electron chi connectivity index (χ4n) is 2.74. The maximum absolute atomic E-state index is 13.4. The Balaban J connectivity index is 1.86. The Kier molecular flexibility index (Phi) is 4.91. The van der Waals surface area contributed by atoms with Crippen LogP contribution in [0.1, 0.15) is 5.69 Å². The summed E-state index contributed by atoms with van der Waals surface area (Å²) in [6.07, 6.45) is -4.58. The smallest absolute Gasteiger partial charge is 0.228 e. The van der Waals surface area contributed by atoms with Crippen LogP contribution >= 0.6 is 22.9 Å². The molecule has 0 radical (unpaired) electrons. The molecule has 0 spiro atoms. The van der Waals surface area contributed by atoms with Crippen molar-refractivity contribution in [3.63, 3.8) is 0 Å². The summed E-state index contributed by atoms with van der Waals surface area (Å²) >= 11 is 7.44. The van der Waals surface area contributed by atoms with E-state index in [1.165, 1.54) is 0 Å². The van der Waals surface area contributed by atoms with E-state index < -0.39 is 11.9 Å². The predicted molar refractivity (Wildman–Crippen MR) is 106 cm³/mol. The summed E-state index contributed by atoms with van der Waals surface area (Å²) < 4.78 is 40.3. The lowest BCUT2D eigenvalue weighted by Crippen LogP contribution is -2.10. The number of aromatic nitrogens is 2. The van der Waals surface area contributed by atoms with Gasteiger partial charge in [0.1, 0.15) is 5.69 Å². The van der Waals surface area contributed by atoms with Crippen molar-refractivity contribution in [2.24, 2.45) is 0 Å². The molecular formula is C21H12ClF3N2S. The molecule has 0 atom stereocenters. The average Bonchev–Trinajstić information content (AvgIpc) is 3.22. The van der Waals surface area contributed by atoms with E-state index in [4.69, 9.17) is 11.6 Å². The van der Waals surface area contributed by atoms with Crippen LogP contribution in [0.25, 0.3) is 33.1 Å². The van der Waals surface area contributed by atoms with Crippen molar-refractivity contribution in [1.29, 1.82) is 0 Å². The van der Waals surface area contributed by atoms with Crippen molar-refractivity contribution >= 4 is 22.9 Å². The predicted octanol–water partition coefficient (Wildman–Crippen LogP) is 7.21. The lowest BCUT2D eigenvalue weighted by atomic mass is 10.1. The first-order valence-corrected chi connectivity index (χ1v) is 9.52. The van der Waals surface area contributed by atoms with Crippen molar-refractivity contribution in [2.75, 3.05) is 0 Å². The second-order valence-corrected chi connectivity index (χ2v) is 7.41. The minimum absolute atomic E-state index is 0.0261. The van der Waals surface area contributed by atoms with Gasteiger partial charge in [-0.1, -0.05) is 48.0 Å². The van der Waals surface area contributed by atoms with Gasteiger partial charge in [-0.15, -0.1) is 11.3 Å². The van der Waals surface area contributed by atoms with Crippen LogP contribution < -0.4 is 0 Å². The van der Waals surface area contributed by atoms with Crippen molar-refractivity contribution in [1.82, 2.24) is 9.97 Å². The van der Waals surface area contributed by atoms with Crippen LogP contribution in [0.15, 0.2) is 72.1 Å². The zero-order valence-corrected chi connectivity index (χ0v) is 15.8. The molecule has 2 heterocycles. The van der Waals surface area contributed by atoms with E-state index in [0.717, 1.165) is 16.5 Å². The number of hydrogen-bond donors (Lipinski definition) is 0. The summed E-state index contributed by atoms with van der Waals surface area (Å²) in [7, 11) is 0. The molecule has 2 aromatic carbocycles. The van der Waals surface area contributed by atoms with Gasteiger partial charge in [-0.2, -0.15) is 13.2 Å². The highest BCUT2D eigenvalue weighted by Gasteiger charge is 2.34. The lowest BCUT2D eigenvalue weighted by Gasteiger charge is -2.11. The van der Waals surface area contributed by atoms with Gasteiger partial charge >= 0.3 is 6.18 Å². The van der Waals surface area contributed by atoms with Gasteiger partial charge in [0.15, 0.2) is 5.82 Å². The summed E-state index contributed by atoms with van der Waals surface area (Å²) in [5.41, 5.74) is 1.17. The van der Waals surface area contributed by atoms with Crippen molar-refractivity contribution in [3.8, 4) is 33.1 Å². The van der Waals surface area contributed by atoms with Gasteiger partial charge < -0.3 is 0 Å². The molecule has 0 aliphatic carbocycles. The van der Waals surface area contributed by atoms with Crippen LogP contribution in [0.4, 0.5) is 13.2 Å². The Hall–Kier alpha value is -2.70. The van der Waals surface area contributed by atoms with Crippen molar-refractivity contribution < 1.29 is 13.2 Å². The average molecular weight is 417 g/mol. The van der Waals surface area contributed by atoms with E-state index in [0.29, 0.717) is 16.1 Å². The minimum atomic E-state index is -4.58. The molecule has 140 valence electrons. The molecule has 0 N–H and O–H groups in total. The number of rotatable bonds is 3. The monoisotopic (exact) mass is 416 g/mol. The molecule has 0 aliphatic heterocycles. The number of benzene rings is 2. The van der Waals surface area contributed by atoms with Crippen LogP contribution in [0.5, 0.6) is 0 Å². The topological polar surface area (TPSA) is 25.8 Å². The second kappa shape index (κ2) is 7.37. The third-order valence-corrected chi connectivity index (χ3v) is 5.25. The highest BCUT2D eigenvalue weighted by atomic mass is 35.5. The van der Waals surface area contributed by atoms with Gasteiger partial charge in [0.2, 0.25) is 0 Å². The van der Waals surface area contributed by atoms with Gasteiger partial charge in [-0.05, 0) is 41.3 Å². The summed E-state index contributed by atoms with van der Waals surface area (Å²) in [4.78, 5) is 9.19. The number of thiophene rings is 1. The zero-order chi connectivity index (χ0) is 19.7. The first-order chi connectivity index (χ1) is 13.4. The number of alkyl halides is 3. The van der Waals surface area contributed by atoms with E-state index in [2.05, 4.69) is 9.97 Å². The summed E-state index contributed by atoms with van der Waals surface area (Å²) in [5.74, 6) is 0.0261. The van der Waals surface area contributed by atoms with E-state index >= 15 is 0 Å². The molecule has 7 heteroatoms. The third kappa shape index (κ3) is 3.93. The van der Waals surface area contributed by atoms with Crippen LogP contribution in [-0.4, -0.2) is 9.97 Å². The molecule has 2 nitrogen and oxygen atoms in total. The SMILES string of the molecule is FC(F)(F)c1cc(-c2ccc(Cl)cc2)nc(-c2cccc(-c3cccs3)c2)n1. The highest BCUT2D eigenvalue weighted by Crippen LogP contribution is 2.34. The van der Waals surface area contributed by atoms with Crippen LogP contribution in [0.2, 0.25) is 5.02 Å². The van der Waals surface area contributed by atoms with Crippen molar-refractivity contribution in [3.05, 3.63) is 82.8 Å². The van der Waals surface area contributed by atoms with Gasteiger partial charge in [-0.25, -0.2) is 9.97 Å². The zero-order valence-electron chi connectivity index (χ0n) is 14.2. The molecule has 4 aromatic rings. The van der Waals surface area contributed by atoms with E-state index in [-0.39, 0.29) is 11.5 Å². The standard InChI is InChI=1S/C21H12ClF3N2S/c22-16-8-6-13(7-9-16)17-12-19(21(23,24)25)27-20(26-17)15-4-1-3-14(11-15)18-5-2-10-28-18/h1-12H. The number of halogens is 4. The molecule has 2 aromatic heterocycles. The van der Waals surface area contributed by atoms with E-state index in [1.54, 1.807) is 53.8 Å². The number of nitrogens with zero attached hydrogens (tertiary/aromatic N) is 2. The largest absolute Gasteiger partial charge is 0.433 e. The maximum Gasteiger partial charge on any atom is 0.433 e. The molecule has 0 saturated carbocycles. The molecule has 0 unspecified atom stereocenters. The molecule has 28 heavy (non-hydrogen) atoms. The molecule has 0 bridgehead atoms. The maximum atomic E-state index is 13.4. The fraction of sp³-hybridized carbons (Fsp3) is 0.0476. The van der Waals surface area contributed by atoms with Crippen molar-refractivity contribution in [2.45, 2.75) is 6.18 Å².